The maximum atomic E-state index is 13.6. The number of halogens is 1. The molecule has 29 heavy (non-hydrogen) atoms. The first kappa shape index (κ1) is 20.3. The molecule has 0 saturated heterocycles. The van der Waals surface area contributed by atoms with E-state index in [2.05, 4.69) is 5.32 Å². The molecular formula is C21H21FN2O5. The topological polar surface area (TPSA) is 84.9 Å². The second-order valence-electron chi connectivity index (χ2n) is 6.64. The van der Waals surface area contributed by atoms with Crippen molar-refractivity contribution in [3.8, 4) is 5.75 Å². The summed E-state index contributed by atoms with van der Waals surface area (Å²) in [5, 5.41) is 2.50. The quantitative estimate of drug-likeness (QED) is 0.754. The normalized spacial score (nSPS) is 13.9. The molecule has 0 spiro atoms. The minimum Gasteiger partial charge on any atom is -0.482 e. The van der Waals surface area contributed by atoms with Crippen LogP contribution in [0.1, 0.15) is 18.9 Å². The maximum absolute atomic E-state index is 13.6. The first-order valence-corrected chi connectivity index (χ1v) is 9.14. The van der Waals surface area contributed by atoms with Gasteiger partial charge in [0.05, 0.1) is 12.1 Å². The Morgan fingerprint density at radius 3 is 2.79 bits per heavy atom. The highest BCUT2D eigenvalue weighted by atomic mass is 19.1. The van der Waals surface area contributed by atoms with Gasteiger partial charge in [0.1, 0.15) is 11.6 Å². The number of fused-ring (bicyclic) bond motifs is 1. The second kappa shape index (κ2) is 8.72. The average molecular weight is 400 g/mol. The lowest BCUT2D eigenvalue weighted by Crippen LogP contribution is -2.40. The van der Waals surface area contributed by atoms with Crippen LogP contribution < -0.4 is 15.0 Å². The summed E-state index contributed by atoms with van der Waals surface area (Å²) in [4.78, 5) is 37.9. The van der Waals surface area contributed by atoms with E-state index in [0.29, 0.717) is 17.0 Å². The molecule has 0 fully saturated rings. The molecule has 0 aliphatic carbocycles. The average Bonchev–Trinajstić information content (AvgIpc) is 2.70. The second-order valence-corrected chi connectivity index (χ2v) is 6.64. The molecule has 0 bridgehead atoms. The molecule has 2 amide bonds. The third-order valence-electron chi connectivity index (χ3n) is 4.46. The molecule has 8 heteroatoms. The summed E-state index contributed by atoms with van der Waals surface area (Å²) in [6.45, 7) is 3.05. The van der Waals surface area contributed by atoms with Crippen molar-refractivity contribution in [2.45, 2.75) is 26.4 Å². The zero-order chi connectivity index (χ0) is 21.0. The van der Waals surface area contributed by atoms with Crippen molar-refractivity contribution >= 4 is 29.2 Å². The lowest BCUT2D eigenvalue weighted by atomic mass is 10.2. The van der Waals surface area contributed by atoms with Gasteiger partial charge in [-0.25, -0.2) is 4.39 Å². The maximum Gasteiger partial charge on any atom is 0.308 e. The molecule has 1 heterocycles. The van der Waals surface area contributed by atoms with Crippen molar-refractivity contribution in [1.82, 2.24) is 0 Å². The number of hydrogen-bond donors (Lipinski definition) is 1. The number of rotatable bonds is 6. The summed E-state index contributed by atoms with van der Waals surface area (Å²) >= 11 is 0. The van der Waals surface area contributed by atoms with Gasteiger partial charge in [-0.3, -0.25) is 14.4 Å². The van der Waals surface area contributed by atoms with Gasteiger partial charge < -0.3 is 19.7 Å². The summed E-state index contributed by atoms with van der Waals surface area (Å²) in [5.41, 5.74) is 1.32. The van der Waals surface area contributed by atoms with Gasteiger partial charge in [-0.15, -0.1) is 0 Å². The fourth-order valence-corrected chi connectivity index (χ4v) is 2.83. The molecule has 1 aliphatic rings. The smallest absolute Gasteiger partial charge is 0.308 e. The number of para-hydroxylation sites is 2. The van der Waals surface area contributed by atoms with Crippen LogP contribution in [-0.4, -0.2) is 37.0 Å². The first-order chi connectivity index (χ1) is 13.8. The highest BCUT2D eigenvalue weighted by Gasteiger charge is 2.26. The largest absolute Gasteiger partial charge is 0.482 e. The Balaban J connectivity index is 1.53. The molecule has 7 nitrogen and oxygen atoms in total. The van der Waals surface area contributed by atoms with Gasteiger partial charge in [0.2, 0.25) is 0 Å². The van der Waals surface area contributed by atoms with E-state index >= 15 is 0 Å². The van der Waals surface area contributed by atoms with E-state index in [1.54, 1.807) is 43.3 Å². The predicted molar refractivity (Wildman–Crippen MR) is 104 cm³/mol. The van der Waals surface area contributed by atoms with Crippen molar-refractivity contribution in [2.24, 2.45) is 0 Å². The molecule has 1 N–H and O–H groups in total. The predicted octanol–water partition coefficient (Wildman–Crippen LogP) is 2.82. The van der Waals surface area contributed by atoms with Crippen LogP contribution in [-0.2, 0) is 19.1 Å². The third-order valence-corrected chi connectivity index (χ3v) is 4.46. The zero-order valence-corrected chi connectivity index (χ0v) is 16.1. The Hall–Kier alpha value is -3.42. The summed E-state index contributed by atoms with van der Waals surface area (Å²) in [7, 11) is 0. The highest BCUT2D eigenvalue weighted by Crippen LogP contribution is 2.31. The number of carbonyl (C=O) groups excluding carboxylic acids is 3. The molecule has 0 unspecified atom stereocenters. The van der Waals surface area contributed by atoms with E-state index in [1.165, 1.54) is 17.9 Å². The number of ether oxygens (including phenoxy) is 2. The van der Waals surface area contributed by atoms with Gasteiger partial charge in [-0.2, -0.15) is 0 Å². The molecule has 2 aromatic carbocycles. The van der Waals surface area contributed by atoms with Crippen LogP contribution in [0.2, 0.25) is 0 Å². The number of carbonyl (C=O) groups is 3. The number of anilines is 2. The van der Waals surface area contributed by atoms with E-state index in [1.807, 2.05) is 0 Å². The lowest BCUT2D eigenvalue weighted by molar-refractivity contribution is -0.153. The van der Waals surface area contributed by atoms with Crippen LogP contribution in [0.5, 0.6) is 5.75 Å². The molecule has 1 atom stereocenters. The van der Waals surface area contributed by atoms with Crippen molar-refractivity contribution in [3.63, 3.8) is 0 Å². The molecule has 2 aromatic rings. The number of hydrogen-bond acceptors (Lipinski definition) is 5. The number of benzene rings is 2. The van der Waals surface area contributed by atoms with E-state index < -0.39 is 23.8 Å². The summed E-state index contributed by atoms with van der Waals surface area (Å²) in [6, 6.07) is 11.3. The number of esters is 1. The zero-order valence-electron chi connectivity index (χ0n) is 16.1. The summed E-state index contributed by atoms with van der Waals surface area (Å²) in [6.07, 6.45) is -1.16. The summed E-state index contributed by atoms with van der Waals surface area (Å²) < 4.78 is 24.1. The van der Waals surface area contributed by atoms with Gasteiger partial charge in [0.15, 0.2) is 12.7 Å². The van der Waals surface area contributed by atoms with E-state index in [-0.39, 0.29) is 31.2 Å². The molecule has 1 aliphatic heterocycles. The highest BCUT2D eigenvalue weighted by molar-refractivity contribution is 5.98. The fourth-order valence-electron chi connectivity index (χ4n) is 2.83. The van der Waals surface area contributed by atoms with Gasteiger partial charge in [-0.05, 0) is 43.7 Å². The summed E-state index contributed by atoms with van der Waals surface area (Å²) in [5.74, 6) is -1.33. The molecule has 152 valence electrons. The lowest BCUT2D eigenvalue weighted by Gasteiger charge is -2.29. The number of nitrogens with one attached hydrogen (secondary N) is 1. The standard InChI is InChI=1S/C21H21FN2O5/c1-13-7-8-15(11-16(13)22)23-21(27)14(2)29-20(26)9-10-24-17-5-3-4-6-18(17)28-12-19(24)25/h3-8,11,14H,9-10,12H2,1-2H3,(H,23,27)/t14-/m0/s1. The van der Waals surface area contributed by atoms with Gasteiger partial charge >= 0.3 is 5.97 Å². The fraction of sp³-hybridized carbons (Fsp3) is 0.286. The van der Waals surface area contributed by atoms with Crippen LogP contribution in [0.4, 0.5) is 15.8 Å². The van der Waals surface area contributed by atoms with Gasteiger partial charge in [0.25, 0.3) is 11.8 Å². The first-order valence-electron chi connectivity index (χ1n) is 9.14. The minimum absolute atomic E-state index is 0.0865. The molecule has 3 rings (SSSR count). The van der Waals surface area contributed by atoms with Crippen molar-refractivity contribution in [3.05, 3.63) is 53.8 Å². The van der Waals surface area contributed by atoms with Gasteiger partial charge in [0, 0.05) is 12.2 Å². The van der Waals surface area contributed by atoms with Crippen molar-refractivity contribution < 1.29 is 28.2 Å². The van der Waals surface area contributed by atoms with Crippen molar-refractivity contribution in [2.75, 3.05) is 23.4 Å². The Morgan fingerprint density at radius 2 is 2.03 bits per heavy atom. The molecule has 0 saturated carbocycles. The van der Waals surface area contributed by atoms with Crippen LogP contribution in [0.15, 0.2) is 42.5 Å². The van der Waals surface area contributed by atoms with Crippen molar-refractivity contribution in [1.29, 1.82) is 0 Å². The van der Waals surface area contributed by atoms with Crippen LogP contribution in [0.3, 0.4) is 0 Å². The third kappa shape index (κ3) is 4.90. The van der Waals surface area contributed by atoms with Gasteiger partial charge in [-0.1, -0.05) is 18.2 Å². The monoisotopic (exact) mass is 400 g/mol. The Bertz CT molecular complexity index is 946. The van der Waals surface area contributed by atoms with Crippen LogP contribution in [0.25, 0.3) is 0 Å². The van der Waals surface area contributed by atoms with E-state index in [4.69, 9.17) is 9.47 Å². The Kier molecular flexibility index (Phi) is 6.11. The van der Waals surface area contributed by atoms with Crippen LogP contribution >= 0.6 is 0 Å². The minimum atomic E-state index is -1.07. The molecule has 0 aromatic heterocycles. The van der Waals surface area contributed by atoms with Crippen LogP contribution in [0, 0.1) is 12.7 Å². The Labute approximate surface area is 167 Å². The molecular weight excluding hydrogens is 379 g/mol. The molecule has 0 radical (unpaired) electrons. The number of amides is 2. The number of aryl methyl sites for hydroxylation is 1. The van der Waals surface area contributed by atoms with E-state index in [0.717, 1.165) is 0 Å². The number of nitrogens with zero attached hydrogens (tertiary/aromatic N) is 1. The Morgan fingerprint density at radius 1 is 1.28 bits per heavy atom. The van der Waals surface area contributed by atoms with E-state index in [9.17, 15) is 18.8 Å². The SMILES string of the molecule is Cc1ccc(NC(=O)[C@H](C)OC(=O)CCN2C(=O)COc3ccccc32)cc1F.